The van der Waals surface area contributed by atoms with E-state index in [1.165, 1.54) is 0 Å². The lowest BCUT2D eigenvalue weighted by Crippen LogP contribution is -2.40. The molecule has 1 aromatic heterocycles. The van der Waals surface area contributed by atoms with Crippen LogP contribution in [0.5, 0.6) is 0 Å². The average molecular weight is 425 g/mol. The molecule has 0 radical (unpaired) electrons. The zero-order chi connectivity index (χ0) is 22.0. The molecule has 162 valence electrons. The third-order valence-electron chi connectivity index (χ3n) is 5.58. The topological polar surface area (TPSA) is 70.2 Å². The number of benzene rings is 2. The Morgan fingerprint density at radius 1 is 1.00 bits per heavy atom. The van der Waals surface area contributed by atoms with E-state index in [4.69, 9.17) is 0 Å². The van der Waals surface area contributed by atoms with Crippen LogP contribution in [0.2, 0.25) is 0 Å². The predicted octanol–water partition coefficient (Wildman–Crippen LogP) is 4.13. The van der Waals surface area contributed by atoms with E-state index in [1.54, 1.807) is 0 Å². The quantitative estimate of drug-likeness (QED) is 0.643. The lowest BCUT2D eigenvalue weighted by molar-refractivity contribution is 0.0922. The molecular weight excluding hydrogens is 400 g/mol. The van der Waals surface area contributed by atoms with E-state index < -0.39 is 17.5 Å². The molecule has 4 rings (SSSR count). The molecular formula is C23H25F2N5O. The van der Waals surface area contributed by atoms with Crippen molar-refractivity contribution in [3.8, 4) is 0 Å². The molecule has 1 saturated carbocycles. The van der Waals surface area contributed by atoms with Crippen LogP contribution in [0.3, 0.4) is 0 Å². The summed E-state index contributed by atoms with van der Waals surface area (Å²) in [4.78, 5) is 23.6. The fourth-order valence-corrected chi connectivity index (χ4v) is 3.96. The van der Waals surface area contributed by atoms with Crippen LogP contribution in [0.25, 0.3) is 10.9 Å². The summed E-state index contributed by atoms with van der Waals surface area (Å²) >= 11 is 0. The predicted molar refractivity (Wildman–Crippen MR) is 117 cm³/mol. The molecule has 0 spiro atoms. The average Bonchev–Trinajstić information content (AvgIpc) is 2.76. The van der Waals surface area contributed by atoms with Gasteiger partial charge in [-0.2, -0.15) is 4.98 Å². The van der Waals surface area contributed by atoms with E-state index in [0.717, 1.165) is 60.6 Å². The zero-order valence-corrected chi connectivity index (χ0v) is 17.5. The lowest BCUT2D eigenvalue weighted by Gasteiger charge is -2.30. The first kappa shape index (κ1) is 21.0. The molecule has 3 aromatic rings. The zero-order valence-electron chi connectivity index (χ0n) is 17.5. The van der Waals surface area contributed by atoms with Gasteiger partial charge in [-0.1, -0.05) is 12.1 Å². The fraction of sp³-hybridized carbons (Fsp3) is 0.348. The van der Waals surface area contributed by atoms with Crippen molar-refractivity contribution in [2.45, 2.75) is 37.8 Å². The SMILES string of the molecule is CN(C)c1nc(NC2CCC(NC(=O)c3cc(F)ccc3F)CC2)nc2ccccc12. The van der Waals surface area contributed by atoms with Gasteiger partial charge in [0.05, 0.1) is 11.1 Å². The highest BCUT2D eigenvalue weighted by molar-refractivity contribution is 5.94. The summed E-state index contributed by atoms with van der Waals surface area (Å²) in [6.07, 6.45) is 3.08. The van der Waals surface area contributed by atoms with Gasteiger partial charge in [-0.25, -0.2) is 13.8 Å². The number of hydrogen-bond acceptors (Lipinski definition) is 5. The molecule has 6 nitrogen and oxygen atoms in total. The van der Waals surface area contributed by atoms with Gasteiger partial charge in [-0.3, -0.25) is 4.79 Å². The summed E-state index contributed by atoms with van der Waals surface area (Å²) in [6.45, 7) is 0. The van der Waals surface area contributed by atoms with Crippen LogP contribution in [-0.4, -0.2) is 42.1 Å². The monoisotopic (exact) mass is 425 g/mol. The maximum atomic E-state index is 13.8. The summed E-state index contributed by atoms with van der Waals surface area (Å²) in [5.74, 6) is -0.504. The van der Waals surface area contributed by atoms with Gasteiger partial charge in [0.2, 0.25) is 5.95 Å². The van der Waals surface area contributed by atoms with Crippen molar-refractivity contribution in [2.24, 2.45) is 0 Å². The Balaban J connectivity index is 1.38. The number of hydrogen-bond donors (Lipinski definition) is 2. The number of fused-ring (bicyclic) bond motifs is 1. The van der Waals surface area contributed by atoms with Gasteiger partial charge < -0.3 is 15.5 Å². The number of nitrogens with zero attached hydrogens (tertiary/aromatic N) is 3. The number of amides is 1. The summed E-state index contributed by atoms with van der Waals surface area (Å²) in [6, 6.07) is 10.9. The van der Waals surface area contributed by atoms with Gasteiger partial charge in [0, 0.05) is 31.6 Å². The number of halogens is 2. The molecule has 1 aliphatic carbocycles. The normalized spacial score (nSPS) is 18.6. The van der Waals surface area contributed by atoms with E-state index >= 15 is 0 Å². The lowest BCUT2D eigenvalue weighted by atomic mass is 9.91. The van der Waals surface area contributed by atoms with Crippen LogP contribution >= 0.6 is 0 Å². The second-order valence-electron chi connectivity index (χ2n) is 8.07. The van der Waals surface area contributed by atoms with Crippen molar-refractivity contribution >= 4 is 28.6 Å². The minimum Gasteiger partial charge on any atom is -0.362 e. The summed E-state index contributed by atoms with van der Waals surface area (Å²) in [5.41, 5.74) is 0.614. The van der Waals surface area contributed by atoms with E-state index in [0.29, 0.717) is 5.95 Å². The number of nitrogens with one attached hydrogen (secondary N) is 2. The van der Waals surface area contributed by atoms with Crippen molar-refractivity contribution in [3.05, 3.63) is 59.7 Å². The Labute approximate surface area is 179 Å². The Bertz CT molecular complexity index is 1100. The molecule has 1 amide bonds. The van der Waals surface area contributed by atoms with Crippen molar-refractivity contribution in [2.75, 3.05) is 24.3 Å². The van der Waals surface area contributed by atoms with Crippen molar-refractivity contribution in [1.82, 2.24) is 15.3 Å². The molecule has 31 heavy (non-hydrogen) atoms. The van der Waals surface area contributed by atoms with Gasteiger partial charge in [-0.05, 0) is 56.0 Å². The third kappa shape index (κ3) is 4.73. The van der Waals surface area contributed by atoms with Crippen LogP contribution in [0.15, 0.2) is 42.5 Å². The molecule has 0 bridgehead atoms. The summed E-state index contributed by atoms with van der Waals surface area (Å²) in [7, 11) is 3.90. The van der Waals surface area contributed by atoms with Crippen LogP contribution in [-0.2, 0) is 0 Å². The number of para-hydroxylation sites is 1. The van der Waals surface area contributed by atoms with E-state index in [9.17, 15) is 13.6 Å². The van der Waals surface area contributed by atoms with Gasteiger partial charge in [-0.15, -0.1) is 0 Å². The number of anilines is 2. The summed E-state index contributed by atoms with van der Waals surface area (Å²) in [5, 5.41) is 7.24. The van der Waals surface area contributed by atoms with Gasteiger partial charge >= 0.3 is 0 Å². The molecule has 1 aliphatic rings. The minimum atomic E-state index is -0.723. The first-order chi connectivity index (χ1) is 14.9. The van der Waals surface area contributed by atoms with E-state index in [2.05, 4.69) is 20.6 Å². The Kier molecular flexibility index (Phi) is 5.97. The van der Waals surface area contributed by atoms with E-state index in [-0.39, 0.29) is 17.6 Å². The molecule has 8 heteroatoms. The second kappa shape index (κ2) is 8.83. The first-order valence-corrected chi connectivity index (χ1v) is 10.4. The highest BCUT2D eigenvalue weighted by atomic mass is 19.1. The molecule has 0 atom stereocenters. The van der Waals surface area contributed by atoms with Gasteiger partial charge in [0.25, 0.3) is 5.91 Å². The molecule has 1 fully saturated rings. The van der Waals surface area contributed by atoms with Crippen LogP contribution < -0.4 is 15.5 Å². The summed E-state index contributed by atoms with van der Waals surface area (Å²) < 4.78 is 27.2. The first-order valence-electron chi connectivity index (χ1n) is 10.4. The number of rotatable bonds is 5. The van der Waals surface area contributed by atoms with Crippen LogP contribution in [0.4, 0.5) is 20.5 Å². The van der Waals surface area contributed by atoms with Gasteiger partial charge in [0.1, 0.15) is 17.5 Å². The fourth-order valence-electron chi connectivity index (χ4n) is 3.96. The molecule has 0 unspecified atom stereocenters. The van der Waals surface area contributed by atoms with Crippen molar-refractivity contribution < 1.29 is 13.6 Å². The van der Waals surface area contributed by atoms with Crippen molar-refractivity contribution in [3.63, 3.8) is 0 Å². The van der Waals surface area contributed by atoms with Crippen LogP contribution in [0.1, 0.15) is 36.0 Å². The molecule has 2 N–H and O–H groups in total. The third-order valence-corrected chi connectivity index (χ3v) is 5.58. The molecule has 0 aliphatic heterocycles. The standard InChI is InChI=1S/C23H25F2N5O/c1-30(2)21-17-5-3-4-6-20(17)28-23(29-21)27-16-10-8-15(9-11-16)26-22(31)18-13-14(24)7-12-19(18)25/h3-7,12-13,15-16H,8-11H2,1-2H3,(H,26,31)(H,27,28,29). The second-order valence-corrected chi connectivity index (χ2v) is 8.07. The van der Waals surface area contributed by atoms with Crippen molar-refractivity contribution in [1.29, 1.82) is 0 Å². The minimum absolute atomic E-state index is 0.0805. The van der Waals surface area contributed by atoms with Crippen LogP contribution in [0, 0.1) is 11.6 Å². The Hall–Kier alpha value is -3.29. The molecule has 0 saturated heterocycles. The van der Waals surface area contributed by atoms with Gasteiger partial charge in [0.15, 0.2) is 0 Å². The highest BCUT2D eigenvalue weighted by Gasteiger charge is 2.24. The number of carbonyl (C=O) groups excluding carboxylic acids is 1. The largest absolute Gasteiger partial charge is 0.362 e. The maximum absolute atomic E-state index is 13.8. The Morgan fingerprint density at radius 2 is 1.71 bits per heavy atom. The van der Waals surface area contributed by atoms with E-state index in [1.807, 2.05) is 43.3 Å². The highest BCUT2D eigenvalue weighted by Crippen LogP contribution is 2.26. The number of carbonyl (C=O) groups is 1. The Morgan fingerprint density at radius 3 is 2.45 bits per heavy atom. The smallest absolute Gasteiger partial charge is 0.254 e. The maximum Gasteiger partial charge on any atom is 0.254 e. The molecule has 2 aromatic carbocycles. The number of aromatic nitrogens is 2. The molecule has 1 heterocycles.